The first-order valence-corrected chi connectivity index (χ1v) is 6.19. The van der Waals surface area contributed by atoms with Gasteiger partial charge in [-0.1, -0.05) is 11.6 Å². The quantitative estimate of drug-likeness (QED) is 0.792. The number of hydrogen-bond donors (Lipinski definition) is 2. The second kappa shape index (κ2) is 5.46. The maximum atomic E-state index is 11.5. The van der Waals surface area contributed by atoms with Crippen LogP contribution in [0.15, 0.2) is 12.1 Å². The number of benzene rings is 1. The fourth-order valence-corrected chi connectivity index (χ4v) is 2.45. The largest absolute Gasteiger partial charge is 0.399 e. The van der Waals surface area contributed by atoms with Gasteiger partial charge in [-0.2, -0.15) is 0 Å². The number of nitrogens with two attached hydrogens (primary N) is 2. The molecule has 0 aliphatic carbocycles. The van der Waals surface area contributed by atoms with Crippen molar-refractivity contribution in [1.29, 1.82) is 0 Å². The van der Waals surface area contributed by atoms with Crippen molar-refractivity contribution in [3.8, 4) is 0 Å². The van der Waals surface area contributed by atoms with Crippen LogP contribution < -0.4 is 16.4 Å². The Hall–Kier alpha value is -1.46. The van der Waals surface area contributed by atoms with Crippen molar-refractivity contribution < 1.29 is 9.53 Å². The summed E-state index contributed by atoms with van der Waals surface area (Å²) in [6, 6.07) is 3.20. The molecule has 98 valence electrons. The molecule has 1 aromatic rings. The Morgan fingerprint density at radius 1 is 1.33 bits per heavy atom. The zero-order valence-corrected chi connectivity index (χ0v) is 10.7. The fraction of sp³-hybridized carbons (Fsp3) is 0.417. The lowest BCUT2D eigenvalue weighted by molar-refractivity contribution is 0.100. The lowest BCUT2D eigenvalue weighted by atomic mass is 10.1. The average molecular weight is 270 g/mol. The second-order valence-electron chi connectivity index (χ2n) is 4.22. The minimum absolute atomic E-state index is 0.363. The van der Waals surface area contributed by atoms with Gasteiger partial charge in [-0.15, -0.1) is 0 Å². The average Bonchev–Trinajstić information content (AvgIpc) is 2.56. The van der Waals surface area contributed by atoms with Gasteiger partial charge in [-0.05, 0) is 18.6 Å². The minimum atomic E-state index is -0.524. The number of amides is 1. The highest BCUT2D eigenvalue weighted by atomic mass is 35.5. The van der Waals surface area contributed by atoms with Crippen LogP contribution in [0.3, 0.4) is 0 Å². The lowest BCUT2D eigenvalue weighted by Gasteiger charge is -2.25. The molecular weight excluding hydrogens is 254 g/mol. The van der Waals surface area contributed by atoms with E-state index in [0.717, 1.165) is 19.6 Å². The number of halogens is 1. The van der Waals surface area contributed by atoms with E-state index < -0.39 is 5.91 Å². The van der Waals surface area contributed by atoms with E-state index in [1.165, 1.54) is 0 Å². The number of carbonyl (C=O) groups is 1. The standard InChI is InChI=1S/C12H16ClN3O2/c13-10-7-8(14)6-9(12(15)17)11(10)16-2-1-4-18-5-3-16/h6-7H,1-5,14H2,(H2,15,17). The molecule has 0 unspecified atom stereocenters. The SMILES string of the molecule is NC(=O)c1cc(N)cc(Cl)c1N1CCCOCC1. The summed E-state index contributed by atoms with van der Waals surface area (Å²) >= 11 is 6.20. The molecule has 0 atom stereocenters. The number of rotatable bonds is 2. The van der Waals surface area contributed by atoms with Crippen LogP contribution >= 0.6 is 11.6 Å². The molecule has 1 saturated heterocycles. The smallest absolute Gasteiger partial charge is 0.250 e. The van der Waals surface area contributed by atoms with Gasteiger partial charge in [0.05, 0.1) is 22.9 Å². The Morgan fingerprint density at radius 3 is 2.83 bits per heavy atom. The van der Waals surface area contributed by atoms with Crippen LogP contribution in [0.5, 0.6) is 0 Å². The topological polar surface area (TPSA) is 81.6 Å². The lowest BCUT2D eigenvalue weighted by Crippen LogP contribution is -2.29. The second-order valence-corrected chi connectivity index (χ2v) is 4.62. The predicted molar refractivity (Wildman–Crippen MR) is 72.0 cm³/mol. The van der Waals surface area contributed by atoms with E-state index in [4.69, 9.17) is 27.8 Å². The highest BCUT2D eigenvalue weighted by Crippen LogP contribution is 2.32. The predicted octanol–water partition coefficient (Wildman–Crippen LogP) is 1.25. The minimum Gasteiger partial charge on any atom is -0.399 e. The van der Waals surface area contributed by atoms with Gasteiger partial charge in [0.2, 0.25) is 0 Å². The molecule has 5 nitrogen and oxygen atoms in total. The van der Waals surface area contributed by atoms with Gasteiger partial charge in [0.25, 0.3) is 5.91 Å². The molecule has 0 bridgehead atoms. The Balaban J connectivity index is 2.43. The number of carbonyl (C=O) groups excluding carboxylic acids is 1. The molecule has 1 heterocycles. The van der Waals surface area contributed by atoms with Crippen LogP contribution in [0, 0.1) is 0 Å². The first-order chi connectivity index (χ1) is 8.59. The fourth-order valence-electron chi connectivity index (χ4n) is 2.10. The first-order valence-electron chi connectivity index (χ1n) is 5.81. The van der Waals surface area contributed by atoms with E-state index in [9.17, 15) is 4.79 Å². The molecule has 0 radical (unpaired) electrons. The number of nitrogen functional groups attached to an aromatic ring is 1. The zero-order chi connectivity index (χ0) is 13.1. The van der Waals surface area contributed by atoms with Gasteiger partial charge in [-0.25, -0.2) is 0 Å². The Labute approximate surface area is 111 Å². The number of nitrogens with zero attached hydrogens (tertiary/aromatic N) is 1. The molecular formula is C12H16ClN3O2. The van der Waals surface area contributed by atoms with Crippen LogP contribution in [0.4, 0.5) is 11.4 Å². The summed E-state index contributed by atoms with van der Waals surface area (Å²) in [7, 11) is 0. The first kappa shape index (κ1) is 13.0. The van der Waals surface area contributed by atoms with Gasteiger partial charge in [0, 0.05) is 25.4 Å². The van der Waals surface area contributed by atoms with Crippen LogP contribution in [-0.4, -0.2) is 32.2 Å². The molecule has 1 amide bonds. The molecule has 0 aromatic heterocycles. The summed E-state index contributed by atoms with van der Waals surface area (Å²) in [5.74, 6) is -0.524. The van der Waals surface area contributed by atoms with E-state index in [1.807, 2.05) is 4.90 Å². The van der Waals surface area contributed by atoms with E-state index in [0.29, 0.717) is 35.1 Å². The van der Waals surface area contributed by atoms with E-state index in [2.05, 4.69) is 0 Å². The van der Waals surface area contributed by atoms with E-state index >= 15 is 0 Å². The van der Waals surface area contributed by atoms with Crippen molar-refractivity contribution in [2.75, 3.05) is 36.9 Å². The third kappa shape index (κ3) is 2.68. The highest BCUT2D eigenvalue weighted by Gasteiger charge is 2.20. The summed E-state index contributed by atoms with van der Waals surface area (Å²) in [5.41, 5.74) is 12.5. The molecule has 1 fully saturated rings. The van der Waals surface area contributed by atoms with Crippen molar-refractivity contribution >= 4 is 28.9 Å². The van der Waals surface area contributed by atoms with Gasteiger partial charge >= 0.3 is 0 Å². The van der Waals surface area contributed by atoms with Crippen LogP contribution in [0.25, 0.3) is 0 Å². The monoisotopic (exact) mass is 269 g/mol. The van der Waals surface area contributed by atoms with Gasteiger partial charge in [0.15, 0.2) is 0 Å². The molecule has 1 aromatic carbocycles. The van der Waals surface area contributed by atoms with Crippen molar-refractivity contribution in [1.82, 2.24) is 0 Å². The van der Waals surface area contributed by atoms with Crippen molar-refractivity contribution in [2.24, 2.45) is 5.73 Å². The summed E-state index contributed by atoms with van der Waals surface area (Å²) in [6.45, 7) is 2.79. The molecule has 1 aliphatic rings. The molecule has 18 heavy (non-hydrogen) atoms. The number of primary amides is 1. The van der Waals surface area contributed by atoms with Gasteiger partial charge < -0.3 is 21.1 Å². The van der Waals surface area contributed by atoms with Crippen molar-refractivity contribution in [2.45, 2.75) is 6.42 Å². The Bertz CT molecular complexity index is 457. The summed E-state index contributed by atoms with van der Waals surface area (Å²) in [5, 5.41) is 0.450. The van der Waals surface area contributed by atoms with Crippen LogP contribution in [-0.2, 0) is 4.74 Å². The summed E-state index contributed by atoms with van der Waals surface area (Å²) < 4.78 is 5.38. The third-order valence-corrected chi connectivity index (χ3v) is 3.18. The van der Waals surface area contributed by atoms with Gasteiger partial charge in [0.1, 0.15) is 0 Å². The number of hydrogen-bond acceptors (Lipinski definition) is 4. The van der Waals surface area contributed by atoms with E-state index in [1.54, 1.807) is 12.1 Å². The maximum Gasteiger partial charge on any atom is 0.250 e. The number of anilines is 2. The van der Waals surface area contributed by atoms with Crippen LogP contribution in [0.1, 0.15) is 16.8 Å². The third-order valence-electron chi connectivity index (χ3n) is 2.89. The van der Waals surface area contributed by atoms with Crippen LogP contribution in [0.2, 0.25) is 5.02 Å². The van der Waals surface area contributed by atoms with E-state index in [-0.39, 0.29) is 0 Å². The number of ether oxygens (including phenoxy) is 1. The normalized spacial score (nSPS) is 16.4. The Morgan fingerprint density at radius 2 is 2.11 bits per heavy atom. The summed E-state index contributed by atoms with van der Waals surface area (Å²) in [6.07, 6.45) is 0.888. The van der Waals surface area contributed by atoms with Gasteiger partial charge in [-0.3, -0.25) is 4.79 Å². The maximum absolute atomic E-state index is 11.5. The van der Waals surface area contributed by atoms with Crippen molar-refractivity contribution in [3.63, 3.8) is 0 Å². The zero-order valence-electron chi connectivity index (χ0n) is 9.99. The Kier molecular flexibility index (Phi) is 3.93. The highest BCUT2D eigenvalue weighted by molar-refractivity contribution is 6.34. The molecule has 1 aliphatic heterocycles. The summed E-state index contributed by atoms with van der Waals surface area (Å²) in [4.78, 5) is 13.5. The molecule has 0 saturated carbocycles. The molecule has 0 spiro atoms. The molecule has 4 N–H and O–H groups in total. The molecule has 2 rings (SSSR count). The van der Waals surface area contributed by atoms with Crippen molar-refractivity contribution in [3.05, 3.63) is 22.7 Å². The molecule has 6 heteroatoms.